The number of piperazine rings is 1. The van der Waals surface area contributed by atoms with Crippen molar-refractivity contribution in [3.63, 3.8) is 0 Å². The van der Waals surface area contributed by atoms with Gasteiger partial charge in [0.15, 0.2) is 5.76 Å². The molecule has 0 atom stereocenters. The molecular weight excluding hydrogens is 382 g/mol. The summed E-state index contributed by atoms with van der Waals surface area (Å²) in [4.78, 5) is 9.88. The highest BCUT2D eigenvalue weighted by Crippen LogP contribution is 2.33. The smallest absolute Gasteiger partial charge is 0.209 e. The lowest BCUT2D eigenvalue weighted by Gasteiger charge is -2.34. The summed E-state index contributed by atoms with van der Waals surface area (Å²) in [6.07, 6.45) is 0. The van der Waals surface area contributed by atoms with Crippen molar-refractivity contribution in [1.82, 2.24) is 14.8 Å². The number of hydrogen-bond acceptors (Lipinski definition) is 4. The molecule has 1 aliphatic heterocycles. The first kappa shape index (κ1) is 19.7. The summed E-state index contributed by atoms with van der Waals surface area (Å²) in [5.41, 5.74) is 4.45. The lowest BCUT2D eigenvalue weighted by atomic mass is 10.1. The van der Waals surface area contributed by atoms with E-state index in [1.807, 2.05) is 36.4 Å². The van der Waals surface area contributed by atoms with Gasteiger partial charge in [-0.15, -0.1) is 0 Å². The molecule has 4 heteroatoms. The highest BCUT2D eigenvalue weighted by Gasteiger charge is 2.21. The van der Waals surface area contributed by atoms with Gasteiger partial charge in [-0.25, -0.2) is 4.98 Å². The molecule has 31 heavy (non-hydrogen) atoms. The van der Waals surface area contributed by atoms with E-state index < -0.39 is 0 Å². The maximum absolute atomic E-state index is 6.31. The molecule has 0 bridgehead atoms. The predicted octanol–water partition coefficient (Wildman–Crippen LogP) is 5.33. The van der Waals surface area contributed by atoms with Gasteiger partial charge in [0.25, 0.3) is 0 Å². The highest BCUT2D eigenvalue weighted by atomic mass is 16.4. The number of aromatic nitrogens is 1. The van der Waals surface area contributed by atoms with E-state index in [1.54, 1.807) is 0 Å². The van der Waals surface area contributed by atoms with Crippen LogP contribution in [0.5, 0.6) is 0 Å². The van der Waals surface area contributed by atoms with Gasteiger partial charge < -0.3 is 4.42 Å². The minimum atomic E-state index is 0.742. The SMILES string of the molecule is c1ccc(CN2CCN(Cc3nc(-c4ccccc4)c(-c4ccccc4)o3)CC2)cc1. The molecule has 2 heterocycles. The van der Waals surface area contributed by atoms with Gasteiger partial charge >= 0.3 is 0 Å². The molecule has 1 fully saturated rings. The van der Waals surface area contributed by atoms with Crippen LogP contribution in [0.4, 0.5) is 0 Å². The van der Waals surface area contributed by atoms with Crippen LogP contribution in [0.25, 0.3) is 22.6 Å². The fourth-order valence-electron chi connectivity index (χ4n) is 4.15. The molecule has 4 nitrogen and oxygen atoms in total. The van der Waals surface area contributed by atoms with Crippen LogP contribution in [0.1, 0.15) is 11.5 Å². The lowest BCUT2D eigenvalue weighted by molar-refractivity contribution is 0.114. The summed E-state index contributed by atoms with van der Waals surface area (Å²) in [7, 11) is 0. The summed E-state index contributed by atoms with van der Waals surface area (Å²) in [6.45, 7) is 5.93. The largest absolute Gasteiger partial charge is 0.439 e. The molecule has 1 aliphatic rings. The number of hydrogen-bond donors (Lipinski definition) is 0. The molecule has 0 spiro atoms. The Labute approximate surface area is 183 Å². The van der Waals surface area contributed by atoms with Crippen LogP contribution >= 0.6 is 0 Å². The summed E-state index contributed by atoms with van der Waals surface area (Å²) >= 11 is 0. The summed E-state index contributed by atoms with van der Waals surface area (Å²) in [5, 5.41) is 0. The van der Waals surface area contributed by atoms with Gasteiger partial charge in [-0.05, 0) is 5.56 Å². The zero-order chi connectivity index (χ0) is 20.9. The van der Waals surface area contributed by atoms with Crippen molar-refractivity contribution in [2.75, 3.05) is 26.2 Å². The van der Waals surface area contributed by atoms with Gasteiger partial charge in [-0.1, -0.05) is 91.0 Å². The van der Waals surface area contributed by atoms with Crippen LogP contribution in [-0.2, 0) is 13.1 Å². The van der Waals surface area contributed by atoms with Crippen molar-refractivity contribution < 1.29 is 4.42 Å². The first-order valence-corrected chi connectivity index (χ1v) is 10.9. The Bertz CT molecular complexity index is 1030. The van der Waals surface area contributed by atoms with Crippen LogP contribution in [0.2, 0.25) is 0 Å². The molecule has 3 aromatic carbocycles. The number of nitrogens with zero attached hydrogens (tertiary/aromatic N) is 3. The zero-order valence-electron chi connectivity index (χ0n) is 17.7. The average Bonchev–Trinajstić information content (AvgIpc) is 3.26. The molecule has 1 aromatic heterocycles. The molecule has 0 aliphatic carbocycles. The normalized spacial score (nSPS) is 15.2. The Morgan fingerprint density at radius 1 is 0.613 bits per heavy atom. The van der Waals surface area contributed by atoms with E-state index >= 15 is 0 Å². The minimum Gasteiger partial charge on any atom is -0.439 e. The van der Waals surface area contributed by atoms with Gasteiger partial charge in [0, 0.05) is 43.9 Å². The third-order valence-corrected chi connectivity index (χ3v) is 5.83. The number of oxazole rings is 1. The van der Waals surface area contributed by atoms with E-state index in [0.717, 1.165) is 67.7 Å². The molecular formula is C27H27N3O. The molecule has 0 amide bonds. The van der Waals surface area contributed by atoms with Crippen molar-refractivity contribution in [2.45, 2.75) is 13.1 Å². The summed E-state index contributed by atoms with van der Waals surface area (Å²) in [5.74, 6) is 1.64. The molecule has 0 N–H and O–H groups in total. The van der Waals surface area contributed by atoms with E-state index in [9.17, 15) is 0 Å². The Balaban J connectivity index is 1.29. The van der Waals surface area contributed by atoms with Gasteiger partial charge in [0.1, 0.15) is 5.69 Å². The Kier molecular flexibility index (Phi) is 5.92. The quantitative estimate of drug-likeness (QED) is 0.431. The Morgan fingerprint density at radius 2 is 1.13 bits per heavy atom. The van der Waals surface area contributed by atoms with E-state index in [0.29, 0.717) is 0 Å². The molecule has 4 aromatic rings. The van der Waals surface area contributed by atoms with Crippen LogP contribution in [0.3, 0.4) is 0 Å². The van der Waals surface area contributed by atoms with Crippen LogP contribution in [0, 0.1) is 0 Å². The standard InChI is InChI=1S/C27H27N3O/c1-4-10-22(11-5-1)20-29-16-18-30(19-17-29)21-25-28-26(23-12-6-2-7-13-23)27(31-25)24-14-8-3-9-15-24/h1-15H,16-21H2. The van der Waals surface area contributed by atoms with Crippen LogP contribution in [-0.4, -0.2) is 41.0 Å². The second kappa shape index (κ2) is 9.29. The topological polar surface area (TPSA) is 32.5 Å². The fourth-order valence-corrected chi connectivity index (χ4v) is 4.15. The third kappa shape index (κ3) is 4.76. The Morgan fingerprint density at radius 3 is 1.74 bits per heavy atom. The van der Waals surface area contributed by atoms with Crippen molar-refractivity contribution >= 4 is 0 Å². The van der Waals surface area contributed by atoms with Gasteiger partial charge in [-0.2, -0.15) is 0 Å². The van der Waals surface area contributed by atoms with Crippen LogP contribution < -0.4 is 0 Å². The maximum Gasteiger partial charge on any atom is 0.209 e. The molecule has 0 unspecified atom stereocenters. The lowest BCUT2D eigenvalue weighted by Crippen LogP contribution is -2.45. The van der Waals surface area contributed by atoms with Crippen molar-refractivity contribution in [3.8, 4) is 22.6 Å². The number of rotatable bonds is 6. The third-order valence-electron chi connectivity index (χ3n) is 5.83. The molecule has 156 valence electrons. The second-order valence-electron chi connectivity index (χ2n) is 8.06. The van der Waals surface area contributed by atoms with Crippen molar-refractivity contribution in [2.24, 2.45) is 0 Å². The first-order valence-electron chi connectivity index (χ1n) is 10.9. The molecule has 5 rings (SSSR count). The number of benzene rings is 3. The van der Waals surface area contributed by atoms with Gasteiger partial charge in [-0.3, -0.25) is 9.80 Å². The molecule has 0 radical (unpaired) electrons. The highest BCUT2D eigenvalue weighted by molar-refractivity contribution is 5.76. The molecule has 1 saturated heterocycles. The monoisotopic (exact) mass is 409 g/mol. The van der Waals surface area contributed by atoms with Crippen molar-refractivity contribution in [3.05, 3.63) is 102 Å². The zero-order valence-corrected chi connectivity index (χ0v) is 17.7. The van der Waals surface area contributed by atoms with Gasteiger partial charge in [0.2, 0.25) is 5.89 Å². The molecule has 0 saturated carbocycles. The van der Waals surface area contributed by atoms with Crippen molar-refractivity contribution in [1.29, 1.82) is 0 Å². The fraction of sp³-hybridized carbons (Fsp3) is 0.222. The average molecular weight is 410 g/mol. The van der Waals surface area contributed by atoms with E-state index in [1.165, 1.54) is 5.56 Å². The maximum atomic E-state index is 6.31. The van der Waals surface area contributed by atoms with E-state index in [2.05, 4.69) is 64.4 Å². The predicted molar refractivity (Wildman–Crippen MR) is 124 cm³/mol. The van der Waals surface area contributed by atoms with Crippen LogP contribution in [0.15, 0.2) is 95.4 Å². The first-order chi connectivity index (χ1) is 15.3. The van der Waals surface area contributed by atoms with E-state index in [4.69, 9.17) is 9.40 Å². The Hall–Kier alpha value is -3.21. The summed E-state index contributed by atoms with van der Waals surface area (Å²) < 4.78 is 6.31. The summed E-state index contributed by atoms with van der Waals surface area (Å²) in [6, 6.07) is 31.3. The van der Waals surface area contributed by atoms with E-state index in [-0.39, 0.29) is 0 Å². The second-order valence-corrected chi connectivity index (χ2v) is 8.06. The minimum absolute atomic E-state index is 0.742. The van der Waals surface area contributed by atoms with Gasteiger partial charge in [0.05, 0.1) is 6.54 Å².